The lowest BCUT2D eigenvalue weighted by Crippen LogP contribution is -2.22. The number of amides is 3. The number of benzene rings is 1. The standard InChI is InChI=1S/C19H14N2O6/c1-8-15(22)9(2)18(24)27-16(8)14-7-11-5-10(3-4-13(11)26-14)6-12-17(23)21-19(25)20-12/h3-7,22H,1-2H3,(H2,20,21,23,25)/b12-6-. The molecule has 1 aromatic carbocycles. The van der Waals surface area contributed by atoms with Crippen molar-refractivity contribution in [3.05, 3.63) is 57.1 Å². The fraction of sp³-hybridized carbons (Fsp3) is 0.105. The molecular formula is C19H14N2O6. The molecule has 1 fully saturated rings. The maximum Gasteiger partial charge on any atom is 0.343 e. The summed E-state index contributed by atoms with van der Waals surface area (Å²) in [4.78, 5) is 34.7. The summed E-state index contributed by atoms with van der Waals surface area (Å²) in [7, 11) is 0. The van der Waals surface area contributed by atoms with E-state index in [0.717, 1.165) is 0 Å². The van der Waals surface area contributed by atoms with Gasteiger partial charge in [0.25, 0.3) is 5.91 Å². The van der Waals surface area contributed by atoms with E-state index in [1.54, 1.807) is 31.2 Å². The largest absolute Gasteiger partial charge is 0.507 e. The molecular weight excluding hydrogens is 352 g/mol. The van der Waals surface area contributed by atoms with Crippen LogP contribution < -0.4 is 16.3 Å². The van der Waals surface area contributed by atoms with Gasteiger partial charge in [-0.25, -0.2) is 9.59 Å². The number of nitrogens with one attached hydrogen (secondary N) is 2. The summed E-state index contributed by atoms with van der Waals surface area (Å²) in [6.07, 6.45) is 1.54. The molecule has 3 heterocycles. The Labute approximate surface area is 152 Å². The third kappa shape index (κ3) is 2.77. The first-order valence-electron chi connectivity index (χ1n) is 8.05. The van der Waals surface area contributed by atoms with E-state index in [4.69, 9.17) is 8.83 Å². The minimum atomic E-state index is -0.637. The molecule has 0 unspecified atom stereocenters. The highest BCUT2D eigenvalue weighted by Crippen LogP contribution is 2.34. The summed E-state index contributed by atoms with van der Waals surface area (Å²) in [6.45, 7) is 3.11. The highest BCUT2D eigenvalue weighted by atomic mass is 16.4. The molecule has 3 amide bonds. The summed E-state index contributed by atoms with van der Waals surface area (Å²) in [5.41, 5.74) is 1.26. The molecule has 0 atom stereocenters. The molecule has 0 bridgehead atoms. The van der Waals surface area contributed by atoms with Crippen molar-refractivity contribution in [2.24, 2.45) is 0 Å². The number of hydrogen-bond donors (Lipinski definition) is 3. The molecule has 0 spiro atoms. The molecule has 8 nitrogen and oxygen atoms in total. The maximum atomic E-state index is 11.9. The van der Waals surface area contributed by atoms with Crippen LogP contribution in [0.1, 0.15) is 16.7 Å². The van der Waals surface area contributed by atoms with Crippen molar-refractivity contribution < 1.29 is 23.5 Å². The minimum absolute atomic E-state index is 0.130. The first-order valence-corrected chi connectivity index (χ1v) is 8.05. The Morgan fingerprint density at radius 3 is 2.48 bits per heavy atom. The normalized spacial score (nSPS) is 15.4. The summed E-state index contributed by atoms with van der Waals surface area (Å²) < 4.78 is 11.0. The van der Waals surface area contributed by atoms with Gasteiger partial charge in [0.1, 0.15) is 17.0 Å². The Morgan fingerprint density at radius 2 is 1.78 bits per heavy atom. The van der Waals surface area contributed by atoms with Crippen molar-refractivity contribution in [3.63, 3.8) is 0 Å². The van der Waals surface area contributed by atoms with Gasteiger partial charge >= 0.3 is 11.7 Å². The number of carbonyl (C=O) groups excluding carboxylic acids is 2. The van der Waals surface area contributed by atoms with Gasteiger partial charge in [0, 0.05) is 10.9 Å². The molecule has 1 saturated heterocycles. The summed E-state index contributed by atoms with van der Waals surface area (Å²) in [6, 6.07) is 6.28. The first kappa shape index (κ1) is 16.6. The maximum absolute atomic E-state index is 11.9. The van der Waals surface area contributed by atoms with Crippen LogP contribution in [0.25, 0.3) is 28.6 Å². The molecule has 3 aromatic rings. The van der Waals surface area contributed by atoms with Gasteiger partial charge in [0.15, 0.2) is 11.5 Å². The van der Waals surface area contributed by atoms with E-state index in [1.165, 1.54) is 13.0 Å². The van der Waals surface area contributed by atoms with Gasteiger partial charge in [0.05, 0.1) is 5.56 Å². The average Bonchev–Trinajstić information content (AvgIpc) is 3.18. The zero-order valence-electron chi connectivity index (χ0n) is 14.4. The molecule has 1 aliphatic heterocycles. The third-order valence-electron chi connectivity index (χ3n) is 4.35. The van der Waals surface area contributed by atoms with Gasteiger partial charge in [-0.15, -0.1) is 0 Å². The van der Waals surface area contributed by atoms with Gasteiger partial charge in [-0.05, 0) is 43.7 Å². The number of hydrogen-bond acceptors (Lipinski definition) is 6. The van der Waals surface area contributed by atoms with Crippen LogP contribution in [0.3, 0.4) is 0 Å². The SMILES string of the molecule is Cc1c(-c2cc3cc(/C=C4\NC(=O)NC4=O)ccc3o2)oc(=O)c(C)c1O. The van der Waals surface area contributed by atoms with Crippen molar-refractivity contribution in [3.8, 4) is 17.3 Å². The van der Waals surface area contributed by atoms with Gasteiger partial charge in [-0.1, -0.05) is 6.07 Å². The minimum Gasteiger partial charge on any atom is -0.507 e. The lowest BCUT2D eigenvalue weighted by molar-refractivity contribution is -0.115. The Bertz CT molecular complexity index is 1210. The van der Waals surface area contributed by atoms with E-state index < -0.39 is 17.6 Å². The Kier molecular flexibility index (Phi) is 3.62. The van der Waals surface area contributed by atoms with Crippen molar-refractivity contribution in [2.75, 3.05) is 0 Å². The first-order chi connectivity index (χ1) is 12.8. The van der Waals surface area contributed by atoms with Crippen molar-refractivity contribution in [1.29, 1.82) is 0 Å². The predicted molar refractivity (Wildman–Crippen MR) is 96.0 cm³/mol. The number of carbonyl (C=O) groups is 2. The fourth-order valence-electron chi connectivity index (χ4n) is 2.88. The number of imide groups is 1. The topological polar surface area (TPSA) is 122 Å². The molecule has 27 heavy (non-hydrogen) atoms. The van der Waals surface area contributed by atoms with Crippen LogP contribution in [0, 0.1) is 13.8 Å². The molecule has 8 heteroatoms. The number of urea groups is 1. The zero-order valence-corrected chi connectivity index (χ0v) is 14.4. The van der Waals surface area contributed by atoms with Crippen LogP contribution >= 0.6 is 0 Å². The Balaban J connectivity index is 1.79. The van der Waals surface area contributed by atoms with Gasteiger partial charge in [-0.3, -0.25) is 10.1 Å². The van der Waals surface area contributed by atoms with E-state index in [1.807, 2.05) is 0 Å². The number of aromatic hydroxyl groups is 1. The highest BCUT2D eigenvalue weighted by Gasteiger charge is 2.23. The van der Waals surface area contributed by atoms with Crippen molar-refractivity contribution in [1.82, 2.24) is 10.6 Å². The second kappa shape index (κ2) is 5.87. The lowest BCUT2D eigenvalue weighted by atomic mass is 10.1. The summed E-state index contributed by atoms with van der Waals surface area (Å²) in [5.74, 6) is -0.177. The second-order valence-electron chi connectivity index (χ2n) is 6.19. The van der Waals surface area contributed by atoms with Gasteiger partial charge in [0.2, 0.25) is 0 Å². The van der Waals surface area contributed by atoms with Crippen LogP contribution in [0.15, 0.2) is 43.6 Å². The lowest BCUT2D eigenvalue weighted by Gasteiger charge is -2.05. The molecule has 1 aliphatic rings. The van der Waals surface area contributed by atoms with Crippen molar-refractivity contribution in [2.45, 2.75) is 13.8 Å². The fourth-order valence-corrected chi connectivity index (χ4v) is 2.88. The molecule has 3 N–H and O–H groups in total. The Hall–Kier alpha value is -3.81. The van der Waals surface area contributed by atoms with Crippen LogP contribution in [-0.2, 0) is 4.79 Å². The third-order valence-corrected chi connectivity index (χ3v) is 4.35. The van der Waals surface area contributed by atoms with E-state index >= 15 is 0 Å². The molecule has 4 rings (SSSR count). The van der Waals surface area contributed by atoms with Gasteiger partial charge < -0.3 is 19.3 Å². The van der Waals surface area contributed by atoms with Crippen LogP contribution in [0.4, 0.5) is 4.79 Å². The predicted octanol–water partition coefficient (Wildman–Crippen LogP) is 2.56. The quantitative estimate of drug-likeness (QED) is 0.473. The van der Waals surface area contributed by atoms with E-state index in [-0.39, 0.29) is 22.8 Å². The molecule has 0 radical (unpaired) electrons. The molecule has 2 aromatic heterocycles. The molecule has 136 valence electrons. The summed E-state index contributed by atoms with van der Waals surface area (Å²) >= 11 is 0. The molecule has 0 saturated carbocycles. The van der Waals surface area contributed by atoms with E-state index in [9.17, 15) is 19.5 Å². The number of fused-ring (bicyclic) bond motifs is 1. The monoisotopic (exact) mass is 366 g/mol. The highest BCUT2D eigenvalue weighted by molar-refractivity contribution is 6.14. The van der Waals surface area contributed by atoms with Crippen LogP contribution in [0.5, 0.6) is 5.75 Å². The van der Waals surface area contributed by atoms with Crippen LogP contribution in [0.2, 0.25) is 0 Å². The molecule has 0 aliphatic carbocycles. The van der Waals surface area contributed by atoms with Crippen molar-refractivity contribution >= 4 is 29.0 Å². The van der Waals surface area contributed by atoms with Gasteiger partial charge in [-0.2, -0.15) is 0 Å². The van der Waals surface area contributed by atoms with Crippen LogP contribution in [-0.4, -0.2) is 17.0 Å². The zero-order chi connectivity index (χ0) is 19.3. The van der Waals surface area contributed by atoms with E-state index in [2.05, 4.69) is 10.6 Å². The smallest absolute Gasteiger partial charge is 0.343 e. The van der Waals surface area contributed by atoms with E-state index in [0.29, 0.717) is 27.9 Å². The summed E-state index contributed by atoms with van der Waals surface area (Å²) in [5, 5.41) is 15.3. The number of rotatable bonds is 2. The average molecular weight is 366 g/mol. The Morgan fingerprint density at radius 1 is 1.00 bits per heavy atom. The second-order valence-corrected chi connectivity index (χ2v) is 6.19. The number of furan rings is 1.